The van der Waals surface area contributed by atoms with Gasteiger partial charge in [0.2, 0.25) is 0 Å². The molecule has 134 valence electrons. The molecule has 0 heterocycles. The number of hydrogen-bond donors (Lipinski definition) is 0. The Labute approximate surface area is 159 Å². The lowest BCUT2D eigenvalue weighted by Gasteiger charge is -2.20. The molecule has 0 N–H and O–H groups in total. The molecular formula is C19H23O3PS2. The van der Waals surface area contributed by atoms with Gasteiger partial charge in [-0.2, -0.15) is 0 Å². The monoisotopic (exact) mass is 394 g/mol. The number of benzene rings is 2. The second kappa shape index (κ2) is 10.2. The zero-order valence-electron chi connectivity index (χ0n) is 14.5. The Balaban J connectivity index is 2.08. The lowest BCUT2D eigenvalue weighted by molar-refractivity contribution is 0.203. The predicted octanol–water partition coefficient (Wildman–Crippen LogP) is 6.43. The van der Waals surface area contributed by atoms with Crippen molar-refractivity contribution in [2.45, 2.75) is 38.7 Å². The summed E-state index contributed by atoms with van der Waals surface area (Å²) in [7, 11) is -3.51. The highest BCUT2D eigenvalue weighted by Crippen LogP contribution is 2.55. The first-order valence-corrected chi connectivity index (χ1v) is 11.0. The molecule has 25 heavy (non-hydrogen) atoms. The Bertz CT molecular complexity index is 660. The number of hydrogen-bond acceptors (Lipinski definition) is 5. The molecule has 0 radical (unpaired) electrons. The van der Waals surface area contributed by atoms with Crippen molar-refractivity contribution in [2.24, 2.45) is 0 Å². The van der Waals surface area contributed by atoms with E-state index in [0.717, 1.165) is 17.5 Å². The Hall–Kier alpha value is -0.970. The van der Waals surface area contributed by atoms with Crippen molar-refractivity contribution in [1.29, 1.82) is 0 Å². The van der Waals surface area contributed by atoms with E-state index < -0.39 is 7.60 Å². The molecule has 0 aromatic heterocycles. The molecule has 0 aliphatic heterocycles. The highest BCUT2D eigenvalue weighted by Gasteiger charge is 2.32. The van der Waals surface area contributed by atoms with Gasteiger partial charge in [-0.1, -0.05) is 86.7 Å². The molecule has 0 saturated heterocycles. The smallest absolute Gasteiger partial charge is 0.299 e. The molecule has 0 saturated carbocycles. The van der Waals surface area contributed by atoms with Crippen LogP contribution in [0.15, 0.2) is 60.7 Å². The Morgan fingerprint density at radius 2 is 1.44 bits per heavy atom. The van der Waals surface area contributed by atoms with Crippen molar-refractivity contribution in [3.8, 4) is 0 Å². The quantitative estimate of drug-likeness (QED) is 0.362. The maximum absolute atomic E-state index is 13.3. The van der Waals surface area contributed by atoms with Gasteiger partial charge < -0.3 is 0 Å². The summed E-state index contributed by atoms with van der Waals surface area (Å²) < 4.78 is 25.0. The molecule has 1 atom stereocenters. The van der Waals surface area contributed by atoms with Crippen LogP contribution in [0.2, 0.25) is 0 Å². The van der Waals surface area contributed by atoms with Crippen molar-refractivity contribution in [3.05, 3.63) is 71.8 Å². The van der Waals surface area contributed by atoms with Crippen molar-refractivity contribution in [2.75, 3.05) is 0 Å². The van der Waals surface area contributed by atoms with Crippen LogP contribution in [0, 0.1) is 0 Å². The van der Waals surface area contributed by atoms with E-state index in [0.29, 0.717) is 3.94 Å². The predicted molar refractivity (Wildman–Crippen MR) is 110 cm³/mol. The fraction of sp³-hybridized carbons (Fsp3) is 0.316. The average molecular weight is 394 g/mol. The minimum absolute atomic E-state index is 0.202. The zero-order chi connectivity index (χ0) is 18.1. The molecule has 3 nitrogen and oxygen atoms in total. The van der Waals surface area contributed by atoms with Gasteiger partial charge in [0.1, 0.15) is 0 Å². The minimum Gasteiger partial charge on any atom is -0.299 e. The average Bonchev–Trinajstić information content (AvgIpc) is 2.66. The summed E-state index contributed by atoms with van der Waals surface area (Å²) in [5.74, 6) is 0. The Morgan fingerprint density at radius 1 is 1.00 bits per heavy atom. The summed E-state index contributed by atoms with van der Waals surface area (Å²) in [4.78, 5) is 0. The van der Waals surface area contributed by atoms with Crippen molar-refractivity contribution >= 4 is 35.5 Å². The van der Waals surface area contributed by atoms with Gasteiger partial charge in [0.15, 0.2) is 3.94 Å². The van der Waals surface area contributed by atoms with Crippen LogP contribution in [-0.4, -0.2) is 9.19 Å². The molecule has 0 bridgehead atoms. The summed E-state index contributed by atoms with van der Waals surface area (Å²) in [5.41, 5.74) is 1.87. The van der Waals surface area contributed by atoms with Gasteiger partial charge in [-0.25, -0.2) is 0 Å². The van der Waals surface area contributed by atoms with E-state index >= 15 is 0 Å². The summed E-state index contributed by atoms with van der Waals surface area (Å²) in [6.07, 6.45) is 0.933. The first-order valence-electron chi connectivity index (χ1n) is 8.21. The molecule has 0 fully saturated rings. The van der Waals surface area contributed by atoms with Gasteiger partial charge in [0.05, 0.1) is 13.2 Å². The van der Waals surface area contributed by atoms with Crippen LogP contribution >= 0.6 is 31.6 Å². The highest BCUT2D eigenvalue weighted by atomic mass is 32.2. The van der Waals surface area contributed by atoms with Crippen LogP contribution in [-0.2, 0) is 26.8 Å². The van der Waals surface area contributed by atoms with Crippen molar-refractivity contribution < 1.29 is 13.6 Å². The van der Waals surface area contributed by atoms with E-state index in [1.807, 2.05) is 60.7 Å². The van der Waals surface area contributed by atoms with Gasteiger partial charge in [-0.15, -0.1) is 11.8 Å². The topological polar surface area (TPSA) is 35.5 Å². The van der Waals surface area contributed by atoms with Crippen molar-refractivity contribution in [1.82, 2.24) is 0 Å². The van der Waals surface area contributed by atoms with E-state index in [1.165, 1.54) is 11.8 Å². The second-order valence-corrected chi connectivity index (χ2v) is 10.3. The van der Waals surface area contributed by atoms with Crippen LogP contribution in [0.25, 0.3) is 0 Å². The Kier molecular flexibility index (Phi) is 8.34. The summed E-state index contributed by atoms with van der Waals surface area (Å²) in [5, 5.41) is 0.265. The third-order valence-electron chi connectivity index (χ3n) is 3.59. The minimum atomic E-state index is -3.51. The van der Waals surface area contributed by atoms with Gasteiger partial charge in [0.25, 0.3) is 0 Å². The molecule has 2 aromatic rings. The fourth-order valence-electron chi connectivity index (χ4n) is 1.93. The van der Waals surface area contributed by atoms with E-state index in [1.54, 1.807) is 0 Å². The fourth-order valence-corrected chi connectivity index (χ4v) is 5.55. The van der Waals surface area contributed by atoms with Crippen LogP contribution < -0.4 is 0 Å². The van der Waals surface area contributed by atoms with Crippen LogP contribution in [0.4, 0.5) is 0 Å². The first-order chi connectivity index (χ1) is 12.0. The summed E-state index contributed by atoms with van der Waals surface area (Å²) in [6, 6.07) is 19.2. The van der Waals surface area contributed by atoms with Gasteiger partial charge in [-0.05, 0) is 17.5 Å². The molecule has 0 aliphatic rings. The SMILES string of the molecule is CCC(C)SC(=S)P(=O)(OCc1ccccc1)OCc1ccccc1. The maximum Gasteiger partial charge on any atom is 0.379 e. The lowest BCUT2D eigenvalue weighted by Crippen LogP contribution is -2.06. The Morgan fingerprint density at radius 3 is 1.84 bits per heavy atom. The molecule has 0 aliphatic carbocycles. The van der Waals surface area contributed by atoms with E-state index in [-0.39, 0.29) is 18.5 Å². The van der Waals surface area contributed by atoms with Gasteiger partial charge in [0, 0.05) is 5.25 Å². The van der Waals surface area contributed by atoms with Gasteiger partial charge in [-0.3, -0.25) is 13.6 Å². The number of rotatable bonds is 9. The van der Waals surface area contributed by atoms with Crippen LogP contribution in [0.1, 0.15) is 31.4 Å². The first kappa shape index (κ1) is 20.3. The van der Waals surface area contributed by atoms with Crippen LogP contribution in [0.5, 0.6) is 0 Å². The van der Waals surface area contributed by atoms with E-state index in [9.17, 15) is 4.57 Å². The third-order valence-corrected chi connectivity index (χ3v) is 7.86. The molecule has 1 unspecified atom stereocenters. The molecule has 2 rings (SSSR count). The lowest BCUT2D eigenvalue weighted by atomic mass is 10.2. The number of thioether (sulfide) groups is 1. The van der Waals surface area contributed by atoms with Crippen LogP contribution in [0.3, 0.4) is 0 Å². The van der Waals surface area contributed by atoms with Crippen molar-refractivity contribution in [3.63, 3.8) is 0 Å². The maximum atomic E-state index is 13.3. The van der Waals surface area contributed by atoms with E-state index in [4.69, 9.17) is 21.3 Å². The summed E-state index contributed by atoms with van der Waals surface area (Å²) in [6.45, 7) is 4.53. The molecule has 0 spiro atoms. The highest BCUT2D eigenvalue weighted by molar-refractivity contribution is 8.35. The molecule has 2 aromatic carbocycles. The molecule has 0 amide bonds. The molecular weight excluding hydrogens is 371 g/mol. The normalized spacial score (nSPS) is 12.7. The van der Waals surface area contributed by atoms with Gasteiger partial charge >= 0.3 is 7.60 Å². The standard InChI is InChI=1S/C19H23O3PS2/c1-3-16(2)25-19(24)23(20,21-14-17-10-6-4-7-11-17)22-15-18-12-8-5-9-13-18/h4-13,16H,3,14-15H2,1-2H3. The zero-order valence-corrected chi connectivity index (χ0v) is 17.0. The number of thiocarbonyl (C=S) groups is 1. The third kappa shape index (κ3) is 6.69. The molecule has 6 heteroatoms. The van der Waals surface area contributed by atoms with E-state index in [2.05, 4.69) is 13.8 Å². The summed E-state index contributed by atoms with van der Waals surface area (Å²) >= 11 is 6.81. The second-order valence-electron chi connectivity index (χ2n) is 5.62. The largest absolute Gasteiger partial charge is 0.379 e.